The van der Waals surface area contributed by atoms with E-state index in [9.17, 15) is 9.59 Å². The van der Waals surface area contributed by atoms with Crippen molar-refractivity contribution in [2.24, 2.45) is 5.92 Å². The molecule has 1 aromatic carbocycles. The third-order valence-electron chi connectivity index (χ3n) is 5.03. The Hall–Kier alpha value is -2.21. The van der Waals surface area contributed by atoms with Crippen LogP contribution >= 0.6 is 11.3 Å². The van der Waals surface area contributed by atoms with Gasteiger partial charge in [-0.25, -0.2) is 4.98 Å². The number of aryl methyl sites for hydroxylation is 1. The van der Waals surface area contributed by atoms with E-state index in [1.54, 1.807) is 0 Å². The van der Waals surface area contributed by atoms with Gasteiger partial charge >= 0.3 is 0 Å². The Morgan fingerprint density at radius 3 is 2.56 bits per heavy atom. The van der Waals surface area contributed by atoms with Crippen LogP contribution in [0.5, 0.6) is 0 Å². The molecule has 1 saturated heterocycles. The van der Waals surface area contributed by atoms with Gasteiger partial charge in [0.2, 0.25) is 11.8 Å². The topological polar surface area (TPSA) is 62.3 Å². The van der Waals surface area contributed by atoms with Gasteiger partial charge in [-0.05, 0) is 30.7 Å². The van der Waals surface area contributed by atoms with Crippen molar-refractivity contribution in [1.82, 2.24) is 9.88 Å². The molecule has 6 heteroatoms. The Kier molecular flexibility index (Phi) is 6.61. The van der Waals surface area contributed by atoms with Crippen LogP contribution < -0.4 is 5.32 Å². The second-order valence-corrected chi connectivity index (χ2v) is 8.22. The van der Waals surface area contributed by atoms with E-state index in [-0.39, 0.29) is 17.7 Å². The van der Waals surface area contributed by atoms with Gasteiger partial charge in [-0.1, -0.05) is 44.2 Å². The summed E-state index contributed by atoms with van der Waals surface area (Å²) in [5, 5.41) is 5.61. The van der Waals surface area contributed by atoms with Gasteiger partial charge < -0.3 is 10.2 Å². The molecule has 5 nitrogen and oxygen atoms in total. The highest BCUT2D eigenvalue weighted by molar-refractivity contribution is 7.13. The molecule has 27 heavy (non-hydrogen) atoms. The number of amides is 2. The molecule has 1 fully saturated rings. The summed E-state index contributed by atoms with van der Waals surface area (Å²) in [6.45, 7) is 5.48. The molecular formula is C21H27N3O2S. The predicted octanol–water partition coefficient (Wildman–Crippen LogP) is 4.08. The summed E-state index contributed by atoms with van der Waals surface area (Å²) < 4.78 is 0. The zero-order valence-electron chi connectivity index (χ0n) is 16.0. The molecule has 3 rings (SSSR count). The number of likely N-dealkylation sites (tertiary alicyclic amines) is 1. The first kappa shape index (κ1) is 19.5. The van der Waals surface area contributed by atoms with Crippen molar-refractivity contribution < 1.29 is 9.59 Å². The lowest BCUT2D eigenvalue weighted by Gasteiger charge is -2.31. The Balaban J connectivity index is 1.43. The molecule has 0 spiro atoms. The van der Waals surface area contributed by atoms with E-state index in [2.05, 4.69) is 24.1 Å². The Morgan fingerprint density at radius 1 is 1.22 bits per heavy atom. The molecule has 2 amide bonds. The maximum Gasteiger partial charge on any atom is 0.229 e. The maximum atomic E-state index is 12.5. The summed E-state index contributed by atoms with van der Waals surface area (Å²) in [5.74, 6) is 0.516. The van der Waals surface area contributed by atoms with Crippen molar-refractivity contribution in [3.05, 3.63) is 47.0 Å². The minimum Gasteiger partial charge on any atom is -0.343 e. The molecular weight excluding hydrogens is 358 g/mol. The summed E-state index contributed by atoms with van der Waals surface area (Å²) in [6.07, 6.45) is 2.72. The first-order chi connectivity index (χ1) is 13.0. The van der Waals surface area contributed by atoms with Gasteiger partial charge in [0.25, 0.3) is 0 Å². The van der Waals surface area contributed by atoms with Gasteiger partial charge in [-0.2, -0.15) is 0 Å². The number of carbonyl (C=O) groups excluding carboxylic acids is 2. The predicted molar refractivity (Wildman–Crippen MR) is 109 cm³/mol. The summed E-state index contributed by atoms with van der Waals surface area (Å²) in [7, 11) is 0. The molecule has 0 unspecified atom stereocenters. The van der Waals surface area contributed by atoms with Gasteiger partial charge in [-0.15, -0.1) is 11.3 Å². The monoisotopic (exact) mass is 385 g/mol. The number of carbonyl (C=O) groups is 2. The highest BCUT2D eigenvalue weighted by Gasteiger charge is 2.27. The van der Waals surface area contributed by atoms with Gasteiger partial charge in [0.15, 0.2) is 5.13 Å². The van der Waals surface area contributed by atoms with Gasteiger partial charge in [-0.3, -0.25) is 9.59 Å². The number of rotatable bonds is 6. The Morgan fingerprint density at radius 2 is 1.93 bits per heavy atom. The summed E-state index contributed by atoms with van der Waals surface area (Å²) in [4.78, 5) is 31.3. The smallest absolute Gasteiger partial charge is 0.229 e. The summed E-state index contributed by atoms with van der Waals surface area (Å²) in [6, 6.07) is 10.1. The van der Waals surface area contributed by atoms with Crippen molar-refractivity contribution in [3.8, 4) is 0 Å². The number of thiazole rings is 1. The van der Waals surface area contributed by atoms with E-state index < -0.39 is 0 Å². The third kappa shape index (κ3) is 5.39. The fraction of sp³-hybridized carbons (Fsp3) is 0.476. The van der Waals surface area contributed by atoms with Crippen LogP contribution in [0.4, 0.5) is 5.13 Å². The quantitative estimate of drug-likeness (QED) is 0.815. The third-order valence-corrected chi connectivity index (χ3v) is 5.81. The zero-order chi connectivity index (χ0) is 19.2. The molecule has 144 valence electrons. The Bertz CT molecular complexity index is 765. The number of hydrogen-bond acceptors (Lipinski definition) is 4. The number of nitrogens with zero attached hydrogens (tertiary/aromatic N) is 2. The average Bonchev–Trinajstić information content (AvgIpc) is 3.16. The number of aromatic nitrogens is 1. The van der Waals surface area contributed by atoms with Crippen molar-refractivity contribution in [2.45, 2.75) is 45.4 Å². The van der Waals surface area contributed by atoms with E-state index in [1.807, 2.05) is 40.6 Å². The van der Waals surface area contributed by atoms with E-state index in [0.717, 1.165) is 12.1 Å². The van der Waals surface area contributed by atoms with Crippen molar-refractivity contribution in [3.63, 3.8) is 0 Å². The van der Waals surface area contributed by atoms with E-state index in [4.69, 9.17) is 0 Å². The largest absolute Gasteiger partial charge is 0.343 e. The lowest BCUT2D eigenvalue weighted by molar-refractivity contribution is -0.134. The highest BCUT2D eigenvalue weighted by atomic mass is 32.1. The first-order valence-corrected chi connectivity index (χ1v) is 10.5. The lowest BCUT2D eigenvalue weighted by Crippen LogP contribution is -2.41. The SMILES string of the molecule is CC(C)c1csc(NC(=O)C2CCN(C(=O)CCc3ccccc3)CC2)n1. The second kappa shape index (κ2) is 9.13. The fourth-order valence-electron chi connectivity index (χ4n) is 3.26. The molecule has 1 N–H and O–H groups in total. The maximum absolute atomic E-state index is 12.5. The van der Waals surface area contributed by atoms with E-state index >= 15 is 0 Å². The molecule has 2 heterocycles. The molecule has 2 aromatic rings. The van der Waals surface area contributed by atoms with Crippen LogP contribution in [-0.2, 0) is 16.0 Å². The second-order valence-electron chi connectivity index (χ2n) is 7.36. The average molecular weight is 386 g/mol. The molecule has 1 aliphatic heterocycles. The normalized spacial score (nSPS) is 15.1. The van der Waals surface area contributed by atoms with Crippen LogP contribution in [-0.4, -0.2) is 34.8 Å². The van der Waals surface area contributed by atoms with Crippen molar-refractivity contribution >= 4 is 28.3 Å². The molecule has 0 radical (unpaired) electrons. The first-order valence-electron chi connectivity index (χ1n) is 9.61. The number of nitrogens with one attached hydrogen (secondary N) is 1. The van der Waals surface area contributed by atoms with Gasteiger partial charge in [0.05, 0.1) is 5.69 Å². The summed E-state index contributed by atoms with van der Waals surface area (Å²) >= 11 is 1.47. The van der Waals surface area contributed by atoms with Crippen LogP contribution in [0.1, 0.15) is 50.3 Å². The lowest BCUT2D eigenvalue weighted by atomic mass is 9.95. The van der Waals surface area contributed by atoms with E-state index in [0.29, 0.717) is 43.4 Å². The van der Waals surface area contributed by atoms with Crippen LogP contribution in [0.3, 0.4) is 0 Å². The highest BCUT2D eigenvalue weighted by Crippen LogP contribution is 2.24. The van der Waals surface area contributed by atoms with Crippen molar-refractivity contribution in [1.29, 1.82) is 0 Å². The van der Waals surface area contributed by atoms with Crippen LogP contribution in [0, 0.1) is 5.92 Å². The van der Waals surface area contributed by atoms with Crippen LogP contribution in [0.25, 0.3) is 0 Å². The number of hydrogen-bond donors (Lipinski definition) is 1. The van der Waals surface area contributed by atoms with Gasteiger partial charge in [0.1, 0.15) is 0 Å². The molecule has 1 aliphatic rings. The molecule has 0 atom stereocenters. The number of piperidine rings is 1. The van der Waals surface area contributed by atoms with Gasteiger partial charge in [0, 0.05) is 30.8 Å². The number of anilines is 1. The van der Waals surface area contributed by atoms with Crippen LogP contribution in [0.15, 0.2) is 35.7 Å². The minimum absolute atomic E-state index is 0.0241. The fourth-order valence-corrected chi connectivity index (χ4v) is 4.14. The molecule has 0 saturated carbocycles. The Labute approximate surface area is 164 Å². The number of benzene rings is 1. The molecule has 0 aliphatic carbocycles. The summed E-state index contributed by atoms with van der Waals surface area (Å²) in [5.41, 5.74) is 2.19. The van der Waals surface area contributed by atoms with E-state index in [1.165, 1.54) is 16.9 Å². The zero-order valence-corrected chi connectivity index (χ0v) is 16.8. The molecule has 0 bridgehead atoms. The van der Waals surface area contributed by atoms with Crippen LogP contribution in [0.2, 0.25) is 0 Å². The molecule has 1 aromatic heterocycles. The standard InChI is InChI=1S/C21H27N3O2S/c1-15(2)18-14-27-21(22-18)23-20(26)17-10-12-24(13-11-17)19(25)9-8-16-6-4-3-5-7-16/h3-7,14-15,17H,8-13H2,1-2H3,(H,22,23,26). The minimum atomic E-state index is -0.0467. The van der Waals surface area contributed by atoms with Crippen molar-refractivity contribution in [2.75, 3.05) is 18.4 Å².